The van der Waals surface area contributed by atoms with Gasteiger partial charge in [0.1, 0.15) is 5.69 Å². The van der Waals surface area contributed by atoms with E-state index in [1.54, 1.807) is 23.0 Å². The van der Waals surface area contributed by atoms with Crippen molar-refractivity contribution in [2.75, 3.05) is 12.3 Å². The van der Waals surface area contributed by atoms with Gasteiger partial charge < -0.3 is 10.5 Å². The molecule has 0 fully saturated rings. The third kappa shape index (κ3) is 3.57. The lowest BCUT2D eigenvalue weighted by atomic mass is 10.00. The number of aryl methyl sites for hydroxylation is 1. The van der Waals surface area contributed by atoms with E-state index in [9.17, 15) is 5.26 Å². The van der Waals surface area contributed by atoms with E-state index in [1.165, 1.54) is 0 Å². The molecule has 0 saturated heterocycles. The molecule has 0 bridgehead atoms. The Labute approximate surface area is 177 Å². The number of hydrogen-bond donors (Lipinski definition) is 1. The van der Waals surface area contributed by atoms with E-state index in [0.29, 0.717) is 35.8 Å². The highest BCUT2D eigenvalue weighted by Crippen LogP contribution is 2.27. The van der Waals surface area contributed by atoms with Crippen LogP contribution in [0.5, 0.6) is 5.88 Å². The molecule has 0 amide bonds. The Kier molecular flexibility index (Phi) is 4.55. The van der Waals surface area contributed by atoms with E-state index in [2.05, 4.69) is 31.4 Å². The molecule has 1 aromatic carbocycles. The minimum atomic E-state index is 0.128. The fourth-order valence-electron chi connectivity index (χ4n) is 3.62. The molecule has 0 atom stereocenters. The molecule has 5 rings (SSSR count). The summed E-state index contributed by atoms with van der Waals surface area (Å²) >= 11 is 0. The van der Waals surface area contributed by atoms with Gasteiger partial charge in [0.05, 0.1) is 48.1 Å². The zero-order valence-corrected chi connectivity index (χ0v) is 16.9. The maximum Gasteiger partial charge on any atom is 0.221 e. The molecule has 1 aliphatic rings. The second-order valence-electron chi connectivity index (χ2n) is 7.29. The van der Waals surface area contributed by atoms with Crippen LogP contribution in [0.3, 0.4) is 0 Å². The number of nitrogens with two attached hydrogens (primary N) is 1. The first-order valence-electron chi connectivity index (χ1n) is 9.85. The number of fused-ring (bicyclic) bond motifs is 1. The van der Waals surface area contributed by atoms with Crippen LogP contribution in [-0.4, -0.2) is 41.3 Å². The third-order valence-corrected chi connectivity index (χ3v) is 5.16. The Balaban J connectivity index is 1.45. The summed E-state index contributed by atoms with van der Waals surface area (Å²) in [4.78, 5) is 8.67. The maximum atomic E-state index is 9.31. The summed E-state index contributed by atoms with van der Waals surface area (Å²) in [5, 5.41) is 22.3. The van der Waals surface area contributed by atoms with Crippen molar-refractivity contribution in [2.45, 2.75) is 26.4 Å². The lowest BCUT2D eigenvalue weighted by Crippen LogP contribution is -2.14. The Hall–Kier alpha value is -4.26. The number of aromatic nitrogens is 7. The van der Waals surface area contributed by atoms with E-state index in [4.69, 9.17) is 10.5 Å². The first-order chi connectivity index (χ1) is 15.1. The lowest BCUT2D eigenvalue weighted by Gasteiger charge is -2.13. The van der Waals surface area contributed by atoms with Crippen LogP contribution in [0.2, 0.25) is 0 Å². The summed E-state index contributed by atoms with van der Waals surface area (Å²) in [5.74, 6) is 0.910. The second-order valence-corrected chi connectivity index (χ2v) is 7.29. The van der Waals surface area contributed by atoms with Crippen LogP contribution in [-0.2, 0) is 13.1 Å². The van der Waals surface area contributed by atoms with Crippen molar-refractivity contribution in [3.8, 4) is 34.6 Å². The van der Waals surface area contributed by atoms with Crippen LogP contribution >= 0.6 is 0 Å². The zero-order chi connectivity index (χ0) is 21.4. The molecule has 2 N–H and O–H groups in total. The fraction of sp³-hybridized carbons (Fsp3) is 0.238. The standard InChI is InChI=1S/C21H19N9O/c1-13-14(10-22)4-2-5-16(13)17-9-18(25-21(23)24-17)19-12-29(28-26-19)11-15-8-20-30(27-15)6-3-7-31-20/h2,4-5,8-9,12H,3,6-7,11H2,1H3,(H2,23,24,25). The van der Waals surface area contributed by atoms with Gasteiger partial charge in [0.2, 0.25) is 11.8 Å². The van der Waals surface area contributed by atoms with E-state index in [0.717, 1.165) is 35.7 Å². The zero-order valence-electron chi connectivity index (χ0n) is 16.9. The van der Waals surface area contributed by atoms with Crippen molar-refractivity contribution in [2.24, 2.45) is 0 Å². The van der Waals surface area contributed by atoms with Crippen LogP contribution in [0.15, 0.2) is 36.5 Å². The maximum absolute atomic E-state index is 9.31. The molecule has 4 aromatic rings. The first-order valence-corrected chi connectivity index (χ1v) is 9.85. The minimum absolute atomic E-state index is 0.128. The highest BCUT2D eigenvalue weighted by Gasteiger charge is 2.16. The highest BCUT2D eigenvalue weighted by molar-refractivity contribution is 5.71. The molecule has 31 heavy (non-hydrogen) atoms. The number of hydrogen-bond acceptors (Lipinski definition) is 8. The largest absolute Gasteiger partial charge is 0.478 e. The molecule has 0 unspecified atom stereocenters. The quantitative estimate of drug-likeness (QED) is 0.538. The van der Waals surface area contributed by atoms with Crippen molar-refractivity contribution in [3.63, 3.8) is 0 Å². The molecule has 0 aliphatic carbocycles. The second kappa shape index (κ2) is 7.53. The van der Waals surface area contributed by atoms with Crippen LogP contribution in [0.4, 0.5) is 5.95 Å². The number of benzene rings is 1. The number of ether oxygens (including phenoxy) is 1. The molecule has 0 spiro atoms. The Bertz CT molecular complexity index is 1290. The summed E-state index contributed by atoms with van der Waals surface area (Å²) in [5.41, 5.74) is 10.8. The summed E-state index contributed by atoms with van der Waals surface area (Å²) in [6.07, 6.45) is 2.75. The van der Waals surface area contributed by atoms with Crippen LogP contribution < -0.4 is 10.5 Å². The van der Waals surface area contributed by atoms with Gasteiger partial charge in [-0.15, -0.1) is 5.10 Å². The molecule has 1 aliphatic heterocycles. The van der Waals surface area contributed by atoms with Gasteiger partial charge in [-0.3, -0.25) is 0 Å². The van der Waals surface area contributed by atoms with E-state index in [1.807, 2.05) is 29.8 Å². The van der Waals surface area contributed by atoms with E-state index in [-0.39, 0.29) is 5.95 Å². The van der Waals surface area contributed by atoms with Crippen LogP contribution in [0, 0.1) is 18.3 Å². The summed E-state index contributed by atoms with van der Waals surface area (Å²) in [6.45, 7) is 3.92. The fourth-order valence-corrected chi connectivity index (χ4v) is 3.62. The van der Waals surface area contributed by atoms with Crippen molar-refractivity contribution in [1.82, 2.24) is 34.7 Å². The Morgan fingerprint density at radius 3 is 2.90 bits per heavy atom. The number of anilines is 1. The molecular formula is C21H19N9O. The Morgan fingerprint density at radius 2 is 2.06 bits per heavy atom. The van der Waals surface area contributed by atoms with Gasteiger partial charge in [-0.2, -0.15) is 10.4 Å². The minimum Gasteiger partial charge on any atom is -0.478 e. The monoisotopic (exact) mass is 413 g/mol. The van der Waals surface area contributed by atoms with Gasteiger partial charge in [0.15, 0.2) is 0 Å². The van der Waals surface area contributed by atoms with E-state index < -0.39 is 0 Å². The molecule has 3 aromatic heterocycles. The van der Waals surface area contributed by atoms with Gasteiger partial charge >= 0.3 is 0 Å². The van der Waals surface area contributed by atoms with E-state index >= 15 is 0 Å². The topological polar surface area (TPSA) is 133 Å². The van der Waals surface area contributed by atoms with Crippen molar-refractivity contribution in [1.29, 1.82) is 5.26 Å². The SMILES string of the molecule is Cc1c(C#N)cccc1-c1cc(-c2cn(Cc3cc4n(n3)CCCO4)nn2)nc(N)n1. The van der Waals surface area contributed by atoms with Crippen LogP contribution in [0.25, 0.3) is 22.6 Å². The van der Waals surface area contributed by atoms with Gasteiger partial charge in [-0.05, 0) is 24.6 Å². The summed E-state index contributed by atoms with van der Waals surface area (Å²) < 4.78 is 9.18. The number of nitriles is 1. The molecule has 0 saturated carbocycles. The first kappa shape index (κ1) is 18.7. The molecule has 10 heteroatoms. The third-order valence-electron chi connectivity index (χ3n) is 5.16. The van der Waals surface area contributed by atoms with Gasteiger partial charge in [0.25, 0.3) is 0 Å². The van der Waals surface area contributed by atoms with Gasteiger partial charge in [-0.1, -0.05) is 17.3 Å². The number of rotatable bonds is 4. The lowest BCUT2D eigenvalue weighted by molar-refractivity contribution is 0.230. The summed E-state index contributed by atoms with van der Waals surface area (Å²) in [6, 6.07) is 11.4. The molecule has 0 radical (unpaired) electrons. The van der Waals surface area contributed by atoms with Crippen molar-refractivity contribution in [3.05, 3.63) is 53.3 Å². The summed E-state index contributed by atoms with van der Waals surface area (Å²) in [7, 11) is 0. The van der Waals surface area contributed by atoms with Gasteiger partial charge in [-0.25, -0.2) is 19.3 Å². The number of nitrogen functional groups attached to an aromatic ring is 1. The highest BCUT2D eigenvalue weighted by atomic mass is 16.5. The van der Waals surface area contributed by atoms with Crippen LogP contribution in [0.1, 0.15) is 23.2 Å². The average Bonchev–Trinajstić information content (AvgIpc) is 3.40. The Morgan fingerprint density at radius 1 is 1.19 bits per heavy atom. The van der Waals surface area contributed by atoms with Gasteiger partial charge in [0, 0.05) is 24.6 Å². The van der Waals surface area contributed by atoms with Crippen molar-refractivity contribution >= 4 is 5.95 Å². The normalized spacial score (nSPS) is 12.8. The predicted molar refractivity (Wildman–Crippen MR) is 112 cm³/mol. The predicted octanol–water partition coefficient (Wildman–Crippen LogP) is 2.19. The average molecular weight is 413 g/mol. The molecule has 10 nitrogen and oxygen atoms in total. The molecule has 4 heterocycles. The van der Waals surface area contributed by atoms with Crippen molar-refractivity contribution < 1.29 is 4.74 Å². The smallest absolute Gasteiger partial charge is 0.221 e. The number of nitrogens with zero attached hydrogens (tertiary/aromatic N) is 8. The molecule has 154 valence electrons. The molecular weight excluding hydrogens is 394 g/mol.